The molecule has 3 amide bonds. The molecule has 9 nitrogen and oxygen atoms in total. The molecule has 1 atom stereocenters. The van der Waals surface area contributed by atoms with Crippen LogP contribution in [0.4, 0.5) is 11.4 Å². The minimum atomic E-state index is -0.613. The second-order valence-electron chi connectivity index (χ2n) is 11.6. The van der Waals surface area contributed by atoms with E-state index in [1.165, 1.54) is 0 Å². The summed E-state index contributed by atoms with van der Waals surface area (Å²) in [5.41, 5.74) is 3.59. The normalized spacial score (nSPS) is 20.1. The first kappa shape index (κ1) is 26.7. The molecule has 2 aromatic rings. The van der Waals surface area contributed by atoms with Crippen molar-refractivity contribution >= 4 is 35.1 Å². The highest BCUT2D eigenvalue weighted by atomic mass is 16.6. The summed E-state index contributed by atoms with van der Waals surface area (Å²) >= 11 is 0. The highest BCUT2D eigenvalue weighted by molar-refractivity contribution is 6.06. The van der Waals surface area contributed by atoms with Crippen LogP contribution in [0.2, 0.25) is 0 Å². The van der Waals surface area contributed by atoms with Crippen molar-refractivity contribution in [2.75, 3.05) is 29.9 Å². The SMILES string of the molecule is CC(C)(C)OC(=O)c1ccc(N2CCC(CNc3cccc4c3CN(C3CCC(=O)NC3=O)C4=O)CC2)cc1. The van der Waals surface area contributed by atoms with Crippen molar-refractivity contribution in [3.63, 3.8) is 0 Å². The number of benzene rings is 2. The molecule has 0 aliphatic carbocycles. The summed E-state index contributed by atoms with van der Waals surface area (Å²) in [4.78, 5) is 53.2. The second kappa shape index (κ2) is 10.7. The molecule has 2 saturated heterocycles. The van der Waals surface area contributed by atoms with E-state index >= 15 is 0 Å². The van der Waals surface area contributed by atoms with E-state index in [0.29, 0.717) is 30.0 Å². The van der Waals surface area contributed by atoms with Gasteiger partial charge in [0.25, 0.3) is 5.91 Å². The molecule has 206 valence electrons. The number of ether oxygens (including phenoxy) is 1. The number of piperidine rings is 2. The number of hydrogen-bond donors (Lipinski definition) is 2. The van der Waals surface area contributed by atoms with Gasteiger partial charge in [-0.2, -0.15) is 0 Å². The summed E-state index contributed by atoms with van der Waals surface area (Å²) in [6.07, 6.45) is 2.65. The summed E-state index contributed by atoms with van der Waals surface area (Å²) in [5, 5.41) is 5.92. The number of esters is 1. The summed E-state index contributed by atoms with van der Waals surface area (Å²) in [6.45, 7) is 8.59. The first-order chi connectivity index (χ1) is 18.6. The van der Waals surface area contributed by atoms with Crippen LogP contribution in [-0.2, 0) is 20.9 Å². The van der Waals surface area contributed by atoms with E-state index in [0.717, 1.165) is 49.4 Å². The van der Waals surface area contributed by atoms with Gasteiger partial charge in [-0.1, -0.05) is 6.07 Å². The molecule has 0 bridgehead atoms. The maximum absolute atomic E-state index is 13.1. The van der Waals surface area contributed by atoms with Crippen molar-refractivity contribution < 1.29 is 23.9 Å². The van der Waals surface area contributed by atoms with Gasteiger partial charge in [0, 0.05) is 55.1 Å². The Labute approximate surface area is 228 Å². The molecule has 0 aromatic heterocycles. The molecule has 5 rings (SSSR count). The van der Waals surface area contributed by atoms with Crippen LogP contribution < -0.4 is 15.5 Å². The second-order valence-corrected chi connectivity index (χ2v) is 11.6. The number of carbonyl (C=O) groups is 4. The number of hydrogen-bond acceptors (Lipinski definition) is 7. The number of anilines is 2. The molecule has 3 aliphatic heterocycles. The Balaban J connectivity index is 1.14. The van der Waals surface area contributed by atoms with Crippen molar-refractivity contribution in [3.05, 3.63) is 59.2 Å². The van der Waals surface area contributed by atoms with Gasteiger partial charge in [0.15, 0.2) is 0 Å². The van der Waals surface area contributed by atoms with Gasteiger partial charge in [-0.3, -0.25) is 19.7 Å². The lowest BCUT2D eigenvalue weighted by molar-refractivity contribution is -0.136. The average Bonchev–Trinajstić information content (AvgIpc) is 3.23. The molecule has 0 spiro atoms. The Hall–Kier alpha value is -3.88. The molecular weight excluding hydrogens is 496 g/mol. The average molecular weight is 533 g/mol. The van der Waals surface area contributed by atoms with Crippen molar-refractivity contribution in [2.24, 2.45) is 5.92 Å². The minimum absolute atomic E-state index is 0.158. The van der Waals surface area contributed by atoms with Crippen LogP contribution in [0.3, 0.4) is 0 Å². The van der Waals surface area contributed by atoms with Crippen molar-refractivity contribution in [1.29, 1.82) is 0 Å². The zero-order valence-corrected chi connectivity index (χ0v) is 22.8. The Bertz CT molecular complexity index is 1280. The van der Waals surface area contributed by atoms with Crippen molar-refractivity contribution in [3.8, 4) is 0 Å². The third-order valence-corrected chi connectivity index (χ3v) is 7.64. The maximum atomic E-state index is 13.1. The van der Waals surface area contributed by atoms with Gasteiger partial charge in [0.05, 0.1) is 5.56 Å². The fourth-order valence-corrected chi connectivity index (χ4v) is 5.55. The van der Waals surface area contributed by atoms with Crippen LogP contribution >= 0.6 is 0 Å². The Kier molecular flexibility index (Phi) is 7.34. The molecule has 2 aromatic carbocycles. The van der Waals surface area contributed by atoms with Crippen LogP contribution in [0.25, 0.3) is 0 Å². The number of fused-ring (bicyclic) bond motifs is 1. The number of nitrogens with zero attached hydrogens (tertiary/aromatic N) is 2. The zero-order valence-electron chi connectivity index (χ0n) is 22.8. The van der Waals surface area contributed by atoms with Crippen LogP contribution in [0.15, 0.2) is 42.5 Å². The van der Waals surface area contributed by atoms with E-state index in [9.17, 15) is 19.2 Å². The third-order valence-electron chi connectivity index (χ3n) is 7.64. The molecule has 2 N–H and O–H groups in total. The maximum Gasteiger partial charge on any atom is 0.338 e. The van der Waals surface area contributed by atoms with Crippen LogP contribution in [-0.4, -0.2) is 59.9 Å². The number of imide groups is 1. The number of rotatable bonds is 6. The standard InChI is InChI=1S/C30H36N4O5/c1-30(2,3)39-29(38)20-7-9-21(10-8-20)33-15-13-19(14-16-33)17-31-24-6-4-5-22-23(24)18-34(28(22)37)25-11-12-26(35)32-27(25)36/h4-10,19,25,31H,11-18H2,1-3H3,(H,32,35,36). The van der Waals surface area contributed by atoms with Gasteiger partial charge in [-0.15, -0.1) is 0 Å². The predicted molar refractivity (Wildman–Crippen MR) is 148 cm³/mol. The smallest absolute Gasteiger partial charge is 0.338 e. The topological polar surface area (TPSA) is 108 Å². The number of carbonyl (C=O) groups excluding carboxylic acids is 4. The Morgan fingerprint density at radius 2 is 1.74 bits per heavy atom. The van der Waals surface area contributed by atoms with E-state index in [4.69, 9.17) is 4.74 Å². The fraction of sp³-hybridized carbons (Fsp3) is 0.467. The van der Waals surface area contributed by atoms with Crippen molar-refractivity contribution in [2.45, 2.75) is 64.6 Å². The zero-order chi connectivity index (χ0) is 27.7. The Morgan fingerprint density at radius 1 is 1.03 bits per heavy atom. The molecule has 0 saturated carbocycles. The number of amides is 3. The highest BCUT2D eigenvalue weighted by Crippen LogP contribution is 2.33. The predicted octanol–water partition coefficient (Wildman–Crippen LogP) is 3.73. The molecule has 3 aliphatic rings. The van der Waals surface area contributed by atoms with Crippen molar-refractivity contribution in [1.82, 2.24) is 10.2 Å². The van der Waals surface area contributed by atoms with Crippen LogP contribution in [0, 0.1) is 5.92 Å². The lowest BCUT2D eigenvalue weighted by Crippen LogP contribution is -2.52. The summed E-state index contributed by atoms with van der Waals surface area (Å²) in [5.74, 6) is -0.663. The summed E-state index contributed by atoms with van der Waals surface area (Å²) in [6, 6.07) is 12.7. The first-order valence-electron chi connectivity index (χ1n) is 13.7. The van der Waals surface area contributed by atoms with E-state index in [1.807, 2.05) is 57.2 Å². The van der Waals surface area contributed by atoms with E-state index in [2.05, 4.69) is 15.5 Å². The highest BCUT2D eigenvalue weighted by Gasteiger charge is 2.39. The molecule has 1 unspecified atom stereocenters. The largest absolute Gasteiger partial charge is 0.456 e. The van der Waals surface area contributed by atoms with Gasteiger partial charge in [0.1, 0.15) is 11.6 Å². The third kappa shape index (κ3) is 5.92. The van der Waals surface area contributed by atoms with Crippen LogP contribution in [0.5, 0.6) is 0 Å². The molecule has 0 radical (unpaired) electrons. The minimum Gasteiger partial charge on any atom is -0.456 e. The first-order valence-corrected chi connectivity index (χ1v) is 13.7. The molecule has 9 heteroatoms. The lowest BCUT2D eigenvalue weighted by atomic mass is 9.96. The fourth-order valence-electron chi connectivity index (χ4n) is 5.55. The molecule has 2 fully saturated rings. The van der Waals surface area contributed by atoms with Gasteiger partial charge in [-0.25, -0.2) is 4.79 Å². The summed E-state index contributed by atoms with van der Waals surface area (Å²) < 4.78 is 5.45. The lowest BCUT2D eigenvalue weighted by Gasteiger charge is -2.34. The Morgan fingerprint density at radius 3 is 2.41 bits per heavy atom. The van der Waals surface area contributed by atoms with E-state index < -0.39 is 17.6 Å². The summed E-state index contributed by atoms with van der Waals surface area (Å²) in [7, 11) is 0. The quantitative estimate of drug-likeness (QED) is 0.431. The monoisotopic (exact) mass is 532 g/mol. The van der Waals surface area contributed by atoms with Gasteiger partial charge in [0.2, 0.25) is 11.8 Å². The molecular formula is C30H36N4O5. The molecule has 3 heterocycles. The molecule has 39 heavy (non-hydrogen) atoms. The number of nitrogens with one attached hydrogen (secondary N) is 2. The van der Waals surface area contributed by atoms with Gasteiger partial charge in [-0.05, 0) is 82.3 Å². The van der Waals surface area contributed by atoms with Gasteiger partial charge < -0.3 is 19.9 Å². The van der Waals surface area contributed by atoms with E-state index in [1.54, 1.807) is 11.0 Å². The van der Waals surface area contributed by atoms with Gasteiger partial charge >= 0.3 is 5.97 Å². The van der Waals surface area contributed by atoms with Crippen LogP contribution in [0.1, 0.15) is 72.7 Å². The van der Waals surface area contributed by atoms with E-state index in [-0.39, 0.29) is 24.2 Å².